The maximum absolute atomic E-state index is 4.62. The monoisotopic (exact) mass is 264 g/mol. The predicted molar refractivity (Wildman–Crippen MR) is 84.1 cm³/mol. The average Bonchev–Trinajstić information content (AvgIpc) is 2.50. The Morgan fingerprint density at radius 1 is 0.900 bits per heavy atom. The van der Waals surface area contributed by atoms with Crippen LogP contribution in [0, 0.1) is 0 Å². The van der Waals surface area contributed by atoms with Crippen LogP contribution in [0.5, 0.6) is 0 Å². The molecule has 0 aromatic heterocycles. The first-order chi connectivity index (χ1) is 9.90. The highest BCUT2D eigenvalue weighted by Crippen LogP contribution is 2.10. The zero-order valence-electron chi connectivity index (χ0n) is 11.6. The normalized spacial score (nSPS) is 18.2. The summed E-state index contributed by atoms with van der Waals surface area (Å²) in [4.78, 5) is 4.62. The zero-order chi connectivity index (χ0) is 13.6. The van der Waals surface area contributed by atoms with Crippen LogP contribution in [0.1, 0.15) is 17.5 Å². The molecule has 0 radical (unpaired) electrons. The van der Waals surface area contributed by atoms with Gasteiger partial charge in [0, 0.05) is 19.0 Å². The molecule has 1 unspecified atom stereocenters. The van der Waals surface area contributed by atoms with Crippen LogP contribution in [0.4, 0.5) is 0 Å². The molecule has 0 spiro atoms. The van der Waals surface area contributed by atoms with E-state index >= 15 is 0 Å². The Labute approximate surface area is 120 Å². The van der Waals surface area contributed by atoms with E-state index in [4.69, 9.17) is 0 Å². The van der Waals surface area contributed by atoms with Gasteiger partial charge in [0.05, 0.1) is 0 Å². The second kappa shape index (κ2) is 6.38. The van der Waals surface area contributed by atoms with Crippen LogP contribution in [-0.4, -0.2) is 18.4 Å². The molecule has 2 nitrogen and oxygen atoms in total. The molecule has 102 valence electrons. The third-order valence-corrected chi connectivity index (χ3v) is 3.69. The third-order valence-electron chi connectivity index (χ3n) is 3.69. The van der Waals surface area contributed by atoms with Gasteiger partial charge in [0.2, 0.25) is 0 Å². The summed E-state index contributed by atoms with van der Waals surface area (Å²) in [6, 6.07) is 21.7. The molecule has 2 aromatic rings. The summed E-state index contributed by atoms with van der Waals surface area (Å²) < 4.78 is 0. The lowest BCUT2D eigenvalue weighted by molar-refractivity contribution is 0.537. The van der Waals surface area contributed by atoms with E-state index in [1.807, 2.05) is 0 Å². The van der Waals surface area contributed by atoms with E-state index in [9.17, 15) is 0 Å². The van der Waals surface area contributed by atoms with Crippen LogP contribution in [0.15, 0.2) is 65.7 Å². The molecule has 1 N–H and O–H groups in total. The molecule has 20 heavy (non-hydrogen) atoms. The maximum Gasteiger partial charge on any atom is 0.101 e. The molecule has 1 heterocycles. The molecule has 0 saturated carbocycles. The van der Waals surface area contributed by atoms with E-state index in [0.717, 1.165) is 31.6 Å². The molecule has 1 aliphatic rings. The largest absolute Gasteiger partial charge is 0.370 e. The van der Waals surface area contributed by atoms with Crippen molar-refractivity contribution >= 4 is 5.84 Å². The van der Waals surface area contributed by atoms with Crippen molar-refractivity contribution in [2.45, 2.75) is 25.3 Å². The maximum atomic E-state index is 4.62. The van der Waals surface area contributed by atoms with Gasteiger partial charge in [-0.15, -0.1) is 0 Å². The molecule has 1 aliphatic heterocycles. The first-order valence-corrected chi connectivity index (χ1v) is 7.28. The second-order valence-corrected chi connectivity index (χ2v) is 5.31. The van der Waals surface area contributed by atoms with Crippen molar-refractivity contribution in [3.63, 3.8) is 0 Å². The van der Waals surface area contributed by atoms with Crippen LogP contribution >= 0.6 is 0 Å². The Hall–Kier alpha value is -2.09. The van der Waals surface area contributed by atoms with Gasteiger partial charge in [-0.3, -0.25) is 4.99 Å². The quantitative estimate of drug-likeness (QED) is 0.901. The van der Waals surface area contributed by atoms with Crippen molar-refractivity contribution in [2.75, 3.05) is 6.54 Å². The predicted octanol–water partition coefficient (Wildman–Crippen LogP) is 3.23. The standard InChI is InChI=1S/C18H20N2/c1-3-7-15(8-4-1)13-17-11-12-19-18(20-17)14-16-9-5-2-6-10-16/h1-10,17H,11-14H2,(H,19,20). The molecular formula is C18H20N2. The molecular weight excluding hydrogens is 244 g/mol. The Morgan fingerprint density at radius 3 is 2.25 bits per heavy atom. The van der Waals surface area contributed by atoms with Gasteiger partial charge >= 0.3 is 0 Å². The van der Waals surface area contributed by atoms with Crippen LogP contribution in [-0.2, 0) is 12.8 Å². The Balaban J connectivity index is 1.60. The smallest absolute Gasteiger partial charge is 0.101 e. The van der Waals surface area contributed by atoms with Gasteiger partial charge in [-0.25, -0.2) is 0 Å². The first kappa shape index (κ1) is 12.9. The highest BCUT2D eigenvalue weighted by atomic mass is 15.0. The average molecular weight is 264 g/mol. The Morgan fingerprint density at radius 2 is 1.55 bits per heavy atom. The minimum absolute atomic E-state index is 0.508. The van der Waals surface area contributed by atoms with E-state index in [0.29, 0.717) is 6.04 Å². The lowest BCUT2D eigenvalue weighted by Crippen LogP contribution is -2.41. The van der Waals surface area contributed by atoms with Gasteiger partial charge in [0.1, 0.15) is 5.84 Å². The van der Waals surface area contributed by atoms with E-state index in [-0.39, 0.29) is 0 Å². The van der Waals surface area contributed by atoms with Gasteiger partial charge in [-0.2, -0.15) is 0 Å². The van der Waals surface area contributed by atoms with Crippen molar-refractivity contribution in [3.05, 3.63) is 71.8 Å². The van der Waals surface area contributed by atoms with Gasteiger partial charge in [0.25, 0.3) is 0 Å². The summed E-state index contributed by atoms with van der Waals surface area (Å²) in [7, 11) is 0. The van der Waals surface area contributed by atoms with E-state index < -0.39 is 0 Å². The second-order valence-electron chi connectivity index (χ2n) is 5.31. The number of aliphatic imine (C=N–C) groups is 1. The lowest BCUT2D eigenvalue weighted by Gasteiger charge is -2.25. The number of amidine groups is 1. The lowest BCUT2D eigenvalue weighted by atomic mass is 10.0. The van der Waals surface area contributed by atoms with Gasteiger partial charge in [0.15, 0.2) is 0 Å². The minimum Gasteiger partial charge on any atom is -0.370 e. The summed E-state index contributed by atoms with van der Waals surface area (Å²) >= 11 is 0. The third kappa shape index (κ3) is 3.47. The molecule has 1 atom stereocenters. The number of nitrogens with one attached hydrogen (secondary N) is 1. The SMILES string of the molecule is c1ccc(CC2=NCCC(Cc3ccccc3)N2)cc1. The molecule has 0 bridgehead atoms. The highest BCUT2D eigenvalue weighted by molar-refractivity contribution is 5.85. The summed E-state index contributed by atoms with van der Waals surface area (Å²) in [5.41, 5.74) is 2.71. The summed E-state index contributed by atoms with van der Waals surface area (Å²) in [5, 5.41) is 3.60. The fourth-order valence-electron chi connectivity index (χ4n) is 2.66. The molecule has 0 aliphatic carbocycles. The molecule has 0 amide bonds. The summed E-state index contributed by atoms with van der Waals surface area (Å²) in [6.07, 6.45) is 3.11. The number of hydrogen-bond donors (Lipinski definition) is 1. The van der Waals surface area contributed by atoms with Crippen LogP contribution in [0.25, 0.3) is 0 Å². The topological polar surface area (TPSA) is 24.4 Å². The van der Waals surface area contributed by atoms with Gasteiger partial charge < -0.3 is 5.32 Å². The van der Waals surface area contributed by atoms with Crippen molar-refractivity contribution in [1.82, 2.24) is 5.32 Å². The Bertz CT molecular complexity index is 560. The van der Waals surface area contributed by atoms with Crippen molar-refractivity contribution in [3.8, 4) is 0 Å². The fraction of sp³-hybridized carbons (Fsp3) is 0.278. The van der Waals surface area contributed by atoms with Crippen LogP contribution in [0.2, 0.25) is 0 Å². The van der Waals surface area contributed by atoms with Crippen molar-refractivity contribution in [1.29, 1.82) is 0 Å². The van der Waals surface area contributed by atoms with E-state index in [1.54, 1.807) is 0 Å². The van der Waals surface area contributed by atoms with E-state index in [1.165, 1.54) is 11.1 Å². The summed E-state index contributed by atoms with van der Waals surface area (Å²) in [5.74, 6) is 1.13. The molecule has 0 saturated heterocycles. The number of benzene rings is 2. The number of nitrogens with zero attached hydrogens (tertiary/aromatic N) is 1. The van der Waals surface area contributed by atoms with Crippen LogP contribution < -0.4 is 5.32 Å². The molecule has 2 aromatic carbocycles. The molecule has 3 rings (SSSR count). The minimum atomic E-state index is 0.508. The Kier molecular flexibility index (Phi) is 4.12. The zero-order valence-corrected chi connectivity index (χ0v) is 11.6. The molecule has 0 fully saturated rings. The first-order valence-electron chi connectivity index (χ1n) is 7.28. The van der Waals surface area contributed by atoms with Crippen LogP contribution in [0.3, 0.4) is 0 Å². The highest BCUT2D eigenvalue weighted by Gasteiger charge is 2.15. The van der Waals surface area contributed by atoms with Crippen molar-refractivity contribution in [2.24, 2.45) is 4.99 Å². The molecule has 2 heteroatoms. The fourth-order valence-corrected chi connectivity index (χ4v) is 2.66. The number of hydrogen-bond acceptors (Lipinski definition) is 2. The van der Waals surface area contributed by atoms with E-state index in [2.05, 4.69) is 71.0 Å². The number of rotatable bonds is 4. The van der Waals surface area contributed by atoms with Gasteiger partial charge in [-0.1, -0.05) is 60.7 Å². The van der Waals surface area contributed by atoms with Crippen molar-refractivity contribution < 1.29 is 0 Å². The summed E-state index contributed by atoms with van der Waals surface area (Å²) in [6.45, 7) is 0.937. The van der Waals surface area contributed by atoms with Gasteiger partial charge in [-0.05, 0) is 24.0 Å².